The van der Waals surface area contributed by atoms with Gasteiger partial charge in [0.25, 0.3) is 0 Å². The Hall–Kier alpha value is -1.37. The van der Waals surface area contributed by atoms with Gasteiger partial charge in [-0.3, -0.25) is 15.1 Å². The highest BCUT2D eigenvalue weighted by Crippen LogP contribution is 2.18. The van der Waals surface area contributed by atoms with Gasteiger partial charge in [-0.15, -0.1) is 0 Å². The minimum atomic E-state index is -0.396. The van der Waals surface area contributed by atoms with E-state index in [0.29, 0.717) is 6.54 Å². The summed E-state index contributed by atoms with van der Waals surface area (Å²) in [7, 11) is 1.72. The molecule has 1 unspecified atom stereocenters. The SMILES string of the molecule is COC1CCN(Cc2ccoc2C(=O)NN)C1. The smallest absolute Gasteiger partial charge is 0.301 e. The maximum atomic E-state index is 11.4. The highest BCUT2D eigenvalue weighted by Gasteiger charge is 2.24. The van der Waals surface area contributed by atoms with E-state index in [9.17, 15) is 4.79 Å². The summed E-state index contributed by atoms with van der Waals surface area (Å²) in [5.41, 5.74) is 2.93. The van der Waals surface area contributed by atoms with Gasteiger partial charge < -0.3 is 9.15 Å². The molecular weight excluding hydrogens is 222 g/mol. The number of ether oxygens (including phenoxy) is 1. The van der Waals surface area contributed by atoms with Crippen LogP contribution < -0.4 is 11.3 Å². The van der Waals surface area contributed by atoms with E-state index < -0.39 is 5.91 Å². The van der Waals surface area contributed by atoms with E-state index in [-0.39, 0.29) is 11.9 Å². The lowest BCUT2D eigenvalue weighted by Gasteiger charge is -2.14. The third-order valence-corrected chi connectivity index (χ3v) is 3.04. The number of nitrogens with two attached hydrogens (primary N) is 1. The number of carbonyl (C=O) groups is 1. The molecule has 6 nitrogen and oxygen atoms in total. The maximum absolute atomic E-state index is 11.4. The molecule has 1 saturated heterocycles. The third-order valence-electron chi connectivity index (χ3n) is 3.04. The minimum Gasteiger partial charge on any atom is -0.459 e. The number of amides is 1. The first kappa shape index (κ1) is 12.1. The van der Waals surface area contributed by atoms with Gasteiger partial charge in [0.2, 0.25) is 0 Å². The molecule has 1 amide bonds. The summed E-state index contributed by atoms with van der Waals surface area (Å²) >= 11 is 0. The lowest BCUT2D eigenvalue weighted by Crippen LogP contribution is -2.31. The first-order valence-electron chi connectivity index (χ1n) is 5.57. The number of carbonyl (C=O) groups excluding carboxylic acids is 1. The molecule has 1 aliphatic rings. The largest absolute Gasteiger partial charge is 0.459 e. The number of rotatable bonds is 4. The normalized spacial score (nSPS) is 20.7. The molecule has 0 spiro atoms. The van der Waals surface area contributed by atoms with E-state index in [2.05, 4.69) is 10.3 Å². The third kappa shape index (κ3) is 2.66. The summed E-state index contributed by atoms with van der Waals surface area (Å²) in [5, 5.41) is 0. The van der Waals surface area contributed by atoms with Crippen LogP contribution in [0.5, 0.6) is 0 Å². The Labute approximate surface area is 99.7 Å². The first-order valence-corrected chi connectivity index (χ1v) is 5.57. The lowest BCUT2D eigenvalue weighted by molar-refractivity contribution is 0.0922. The molecular formula is C11H17N3O3. The molecule has 1 fully saturated rings. The van der Waals surface area contributed by atoms with Crippen LogP contribution in [0.2, 0.25) is 0 Å². The second kappa shape index (κ2) is 5.31. The Kier molecular flexibility index (Phi) is 3.78. The van der Waals surface area contributed by atoms with Gasteiger partial charge in [-0.25, -0.2) is 5.84 Å². The van der Waals surface area contributed by atoms with Gasteiger partial charge in [0.15, 0.2) is 5.76 Å². The number of nitrogens with one attached hydrogen (secondary N) is 1. The van der Waals surface area contributed by atoms with Crippen LogP contribution in [0.15, 0.2) is 16.7 Å². The summed E-state index contributed by atoms with van der Waals surface area (Å²) in [6.45, 7) is 2.53. The summed E-state index contributed by atoms with van der Waals surface area (Å²) in [4.78, 5) is 13.6. The van der Waals surface area contributed by atoms with Crippen molar-refractivity contribution in [2.45, 2.75) is 19.1 Å². The van der Waals surface area contributed by atoms with Gasteiger partial charge in [-0.2, -0.15) is 0 Å². The second-order valence-corrected chi connectivity index (χ2v) is 4.13. The minimum absolute atomic E-state index is 0.286. The van der Waals surface area contributed by atoms with E-state index >= 15 is 0 Å². The molecule has 0 aromatic carbocycles. The topological polar surface area (TPSA) is 80.7 Å². The van der Waals surface area contributed by atoms with Crippen LogP contribution in [-0.2, 0) is 11.3 Å². The van der Waals surface area contributed by atoms with E-state index in [1.165, 1.54) is 6.26 Å². The van der Waals surface area contributed by atoms with Gasteiger partial charge in [0, 0.05) is 32.3 Å². The van der Waals surface area contributed by atoms with Crippen LogP contribution in [0.4, 0.5) is 0 Å². The zero-order chi connectivity index (χ0) is 12.3. The Morgan fingerprint density at radius 3 is 3.24 bits per heavy atom. The number of hydrazine groups is 1. The second-order valence-electron chi connectivity index (χ2n) is 4.13. The fourth-order valence-corrected chi connectivity index (χ4v) is 2.10. The average molecular weight is 239 g/mol. The van der Waals surface area contributed by atoms with Crippen molar-refractivity contribution in [2.75, 3.05) is 20.2 Å². The maximum Gasteiger partial charge on any atom is 0.301 e. The Morgan fingerprint density at radius 1 is 1.76 bits per heavy atom. The van der Waals surface area contributed by atoms with Crippen molar-refractivity contribution >= 4 is 5.91 Å². The fourth-order valence-electron chi connectivity index (χ4n) is 2.10. The highest BCUT2D eigenvalue weighted by molar-refractivity contribution is 5.92. The molecule has 3 N–H and O–H groups in total. The molecule has 0 bridgehead atoms. The van der Waals surface area contributed by atoms with Crippen LogP contribution in [0, 0.1) is 0 Å². The van der Waals surface area contributed by atoms with E-state index in [1.807, 2.05) is 0 Å². The van der Waals surface area contributed by atoms with Gasteiger partial charge in [-0.1, -0.05) is 0 Å². The molecule has 1 aromatic heterocycles. The highest BCUT2D eigenvalue weighted by atomic mass is 16.5. The van der Waals surface area contributed by atoms with Gasteiger partial charge in [0.05, 0.1) is 12.4 Å². The number of hydrogen-bond donors (Lipinski definition) is 2. The lowest BCUT2D eigenvalue weighted by atomic mass is 10.2. The monoisotopic (exact) mass is 239 g/mol. The zero-order valence-electron chi connectivity index (χ0n) is 9.81. The molecule has 2 heterocycles. The van der Waals surface area contributed by atoms with Gasteiger partial charge in [0.1, 0.15) is 0 Å². The number of nitrogens with zero attached hydrogens (tertiary/aromatic N) is 1. The fraction of sp³-hybridized carbons (Fsp3) is 0.545. The summed E-state index contributed by atoms with van der Waals surface area (Å²) < 4.78 is 10.4. The first-order chi connectivity index (χ1) is 8.24. The average Bonchev–Trinajstić information content (AvgIpc) is 2.97. The van der Waals surface area contributed by atoms with Crippen molar-refractivity contribution in [2.24, 2.45) is 5.84 Å². The zero-order valence-corrected chi connectivity index (χ0v) is 9.81. The molecule has 1 aliphatic heterocycles. The quantitative estimate of drug-likeness (QED) is 0.442. The molecule has 0 saturated carbocycles. The van der Waals surface area contributed by atoms with Crippen molar-refractivity contribution in [3.63, 3.8) is 0 Å². The standard InChI is InChI=1S/C11H17N3O3/c1-16-9-2-4-14(7-9)6-8-3-5-17-10(8)11(15)13-12/h3,5,9H,2,4,6-7,12H2,1H3,(H,13,15). The number of furan rings is 1. The van der Waals surface area contributed by atoms with Crippen molar-refractivity contribution in [1.82, 2.24) is 10.3 Å². The summed E-state index contributed by atoms with van der Waals surface area (Å²) in [6, 6.07) is 1.80. The van der Waals surface area contributed by atoms with E-state index in [4.69, 9.17) is 15.0 Å². The Balaban J connectivity index is 2.00. The molecule has 2 rings (SSSR count). The van der Waals surface area contributed by atoms with Crippen molar-refractivity contribution in [1.29, 1.82) is 0 Å². The van der Waals surface area contributed by atoms with Crippen LogP contribution in [0.1, 0.15) is 22.5 Å². The predicted molar refractivity (Wildman–Crippen MR) is 61.1 cm³/mol. The van der Waals surface area contributed by atoms with Crippen LogP contribution in [0.25, 0.3) is 0 Å². The Bertz CT molecular complexity index is 391. The number of likely N-dealkylation sites (tertiary alicyclic amines) is 1. The number of methoxy groups -OCH3 is 1. The van der Waals surface area contributed by atoms with Crippen molar-refractivity contribution in [3.8, 4) is 0 Å². The molecule has 17 heavy (non-hydrogen) atoms. The molecule has 0 radical (unpaired) electrons. The van der Waals surface area contributed by atoms with Crippen molar-refractivity contribution < 1.29 is 13.9 Å². The molecule has 94 valence electrons. The van der Waals surface area contributed by atoms with Crippen LogP contribution in [-0.4, -0.2) is 37.1 Å². The van der Waals surface area contributed by atoms with E-state index in [1.54, 1.807) is 13.2 Å². The molecule has 1 aromatic rings. The number of nitrogen functional groups attached to an aromatic ring is 1. The van der Waals surface area contributed by atoms with Crippen LogP contribution in [0.3, 0.4) is 0 Å². The predicted octanol–water partition coefficient (Wildman–Crippen LogP) is 0.104. The van der Waals surface area contributed by atoms with Gasteiger partial charge in [-0.05, 0) is 12.5 Å². The van der Waals surface area contributed by atoms with Crippen LogP contribution >= 0.6 is 0 Å². The summed E-state index contributed by atoms with van der Waals surface area (Å²) in [5.74, 6) is 4.98. The molecule has 1 atom stereocenters. The molecule has 6 heteroatoms. The van der Waals surface area contributed by atoms with Crippen molar-refractivity contribution in [3.05, 3.63) is 23.7 Å². The number of hydrogen-bond acceptors (Lipinski definition) is 5. The van der Waals surface area contributed by atoms with Gasteiger partial charge >= 0.3 is 5.91 Å². The molecule has 0 aliphatic carbocycles. The Morgan fingerprint density at radius 2 is 2.59 bits per heavy atom. The van der Waals surface area contributed by atoms with E-state index in [0.717, 1.165) is 25.1 Å². The summed E-state index contributed by atoms with van der Waals surface area (Å²) in [6.07, 6.45) is 2.81.